The molecular formula is C17H18N2O4. The van der Waals surface area contributed by atoms with Crippen LogP contribution in [0.4, 0.5) is 0 Å². The molecule has 0 radical (unpaired) electrons. The van der Waals surface area contributed by atoms with Crippen molar-refractivity contribution < 1.29 is 19.1 Å². The van der Waals surface area contributed by atoms with Crippen molar-refractivity contribution in [1.29, 1.82) is 0 Å². The van der Waals surface area contributed by atoms with E-state index < -0.39 is 11.9 Å². The van der Waals surface area contributed by atoms with Crippen molar-refractivity contribution in [3.05, 3.63) is 41.8 Å². The number of aromatic nitrogens is 1. The minimum atomic E-state index is -0.899. The van der Waals surface area contributed by atoms with Crippen LogP contribution in [0.5, 0.6) is 0 Å². The molecule has 0 aliphatic heterocycles. The molecule has 1 aromatic heterocycles. The fourth-order valence-electron chi connectivity index (χ4n) is 2.45. The van der Waals surface area contributed by atoms with E-state index in [0.717, 1.165) is 11.3 Å². The molecule has 2 atom stereocenters. The molecule has 0 spiro atoms. The zero-order valence-corrected chi connectivity index (χ0v) is 12.8. The summed E-state index contributed by atoms with van der Waals surface area (Å²) in [4.78, 5) is 26.9. The predicted octanol–water partition coefficient (Wildman–Crippen LogP) is 2.03. The normalized spacial score (nSPS) is 19.3. The Kier molecular flexibility index (Phi) is 4.14. The van der Waals surface area contributed by atoms with Gasteiger partial charge < -0.3 is 14.8 Å². The van der Waals surface area contributed by atoms with E-state index in [1.54, 1.807) is 6.26 Å². The number of carbonyl (C=O) groups excluding carboxylic acids is 1. The summed E-state index contributed by atoms with van der Waals surface area (Å²) >= 11 is 0. The van der Waals surface area contributed by atoms with E-state index in [1.807, 2.05) is 31.2 Å². The number of nitrogens with one attached hydrogen (secondary N) is 1. The number of hydrogen-bond donors (Lipinski definition) is 2. The van der Waals surface area contributed by atoms with Crippen molar-refractivity contribution in [2.45, 2.75) is 19.8 Å². The van der Waals surface area contributed by atoms with Crippen LogP contribution in [0.3, 0.4) is 0 Å². The number of rotatable bonds is 6. The highest BCUT2D eigenvalue weighted by molar-refractivity contribution is 5.89. The van der Waals surface area contributed by atoms with Gasteiger partial charge in [0.05, 0.1) is 17.5 Å². The molecule has 6 heteroatoms. The van der Waals surface area contributed by atoms with E-state index in [1.165, 1.54) is 5.56 Å². The third-order valence-corrected chi connectivity index (χ3v) is 3.98. The highest BCUT2D eigenvalue weighted by Crippen LogP contribution is 2.38. The van der Waals surface area contributed by atoms with Gasteiger partial charge in [-0.15, -0.1) is 0 Å². The molecule has 1 amide bonds. The van der Waals surface area contributed by atoms with Gasteiger partial charge in [0.25, 0.3) is 0 Å². The van der Waals surface area contributed by atoms with E-state index in [9.17, 15) is 9.59 Å². The summed E-state index contributed by atoms with van der Waals surface area (Å²) in [5.41, 5.74) is 2.84. The Bertz CT molecular complexity index is 720. The molecule has 1 aromatic carbocycles. The Labute approximate surface area is 133 Å². The summed E-state index contributed by atoms with van der Waals surface area (Å²) in [7, 11) is 0. The fraction of sp³-hybridized carbons (Fsp3) is 0.353. The highest BCUT2D eigenvalue weighted by atomic mass is 16.4. The second-order valence-electron chi connectivity index (χ2n) is 5.84. The van der Waals surface area contributed by atoms with Crippen LogP contribution in [0.25, 0.3) is 11.5 Å². The number of nitrogens with zero attached hydrogens (tertiary/aromatic N) is 1. The van der Waals surface area contributed by atoms with Gasteiger partial charge in [-0.3, -0.25) is 9.59 Å². The summed E-state index contributed by atoms with van der Waals surface area (Å²) < 4.78 is 5.45. The maximum absolute atomic E-state index is 11.8. The van der Waals surface area contributed by atoms with Crippen molar-refractivity contribution >= 4 is 11.9 Å². The van der Waals surface area contributed by atoms with E-state index in [2.05, 4.69) is 10.3 Å². The number of aliphatic carboxylic acids is 1. The van der Waals surface area contributed by atoms with Crippen molar-refractivity contribution in [2.75, 3.05) is 6.54 Å². The average Bonchev–Trinajstić information content (AvgIpc) is 3.21. The standard InChI is InChI=1S/C17H18N2O4/c1-10-2-4-11(5-3-10)16-19-12(9-23-16)6-7-18-15(20)13-8-14(13)17(21)22/h2-5,9,13-14H,6-8H2,1H3,(H,18,20)(H,21,22)/t13-,14+/m0/s1. The third kappa shape index (κ3) is 3.59. The van der Waals surface area contributed by atoms with Crippen LogP contribution in [-0.4, -0.2) is 28.5 Å². The lowest BCUT2D eigenvalue weighted by Crippen LogP contribution is -2.28. The van der Waals surface area contributed by atoms with Crippen molar-refractivity contribution in [1.82, 2.24) is 10.3 Å². The van der Waals surface area contributed by atoms with Gasteiger partial charge in [0.2, 0.25) is 11.8 Å². The van der Waals surface area contributed by atoms with E-state index >= 15 is 0 Å². The molecule has 1 saturated carbocycles. The number of oxazole rings is 1. The molecular weight excluding hydrogens is 296 g/mol. The Hall–Kier alpha value is -2.63. The summed E-state index contributed by atoms with van der Waals surface area (Å²) in [6.45, 7) is 2.43. The zero-order valence-electron chi connectivity index (χ0n) is 12.8. The second-order valence-corrected chi connectivity index (χ2v) is 5.84. The van der Waals surface area contributed by atoms with Crippen LogP contribution in [0.1, 0.15) is 17.7 Å². The van der Waals surface area contributed by atoms with Gasteiger partial charge >= 0.3 is 5.97 Å². The van der Waals surface area contributed by atoms with Crippen LogP contribution in [0.15, 0.2) is 34.9 Å². The molecule has 120 valence electrons. The van der Waals surface area contributed by atoms with Gasteiger partial charge in [-0.2, -0.15) is 0 Å². The summed E-state index contributed by atoms with van der Waals surface area (Å²) in [6.07, 6.45) is 2.56. The molecule has 1 heterocycles. The van der Waals surface area contributed by atoms with Gasteiger partial charge in [-0.25, -0.2) is 4.98 Å². The van der Waals surface area contributed by atoms with Gasteiger partial charge in [0, 0.05) is 18.5 Å². The molecule has 1 aliphatic carbocycles. The topological polar surface area (TPSA) is 92.4 Å². The first-order valence-corrected chi connectivity index (χ1v) is 7.56. The number of aryl methyl sites for hydroxylation is 1. The monoisotopic (exact) mass is 314 g/mol. The van der Waals surface area contributed by atoms with Gasteiger partial charge in [-0.05, 0) is 25.5 Å². The minimum absolute atomic E-state index is 0.195. The van der Waals surface area contributed by atoms with Crippen LogP contribution in [-0.2, 0) is 16.0 Å². The molecule has 2 N–H and O–H groups in total. The molecule has 23 heavy (non-hydrogen) atoms. The molecule has 0 bridgehead atoms. The third-order valence-electron chi connectivity index (χ3n) is 3.98. The maximum Gasteiger partial charge on any atom is 0.307 e. The largest absolute Gasteiger partial charge is 0.481 e. The van der Waals surface area contributed by atoms with E-state index in [4.69, 9.17) is 9.52 Å². The molecule has 1 fully saturated rings. The number of carboxylic acids is 1. The van der Waals surface area contributed by atoms with Crippen LogP contribution in [0.2, 0.25) is 0 Å². The lowest BCUT2D eigenvalue weighted by Gasteiger charge is -2.02. The molecule has 1 aliphatic rings. The van der Waals surface area contributed by atoms with E-state index in [0.29, 0.717) is 25.3 Å². The highest BCUT2D eigenvalue weighted by Gasteiger charge is 2.48. The van der Waals surface area contributed by atoms with Gasteiger partial charge in [0.1, 0.15) is 6.26 Å². The molecule has 2 aromatic rings. The van der Waals surface area contributed by atoms with Crippen LogP contribution < -0.4 is 5.32 Å². The van der Waals surface area contributed by atoms with Crippen molar-refractivity contribution in [3.63, 3.8) is 0 Å². The lowest BCUT2D eigenvalue weighted by atomic mass is 10.1. The Morgan fingerprint density at radius 1 is 1.30 bits per heavy atom. The number of benzene rings is 1. The van der Waals surface area contributed by atoms with E-state index in [-0.39, 0.29) is 11.8 Å². The lowest BCUT2D eigenvalue weighted by molar-refractivity contribution is -0.140. The molecule has 0 unspecified atom stereocenters. The summed E-state index contributed by atoms with van der Waals surface area (Å²) in [5, 5.41) is 11.6. The van der Waals surface area contributed by atoms with Gasteiger partial charge in [-0.1, -0.05) is 17.7 Å². The van der Waals surface area contributed by atoms with Gasteiger partial charge in [0.15, 0.2) is 0 Å². The predicted molar refractivity (Wildman–Crippen MR) is 82.6 cm³/mol. The summed E-state index contributed by atoms with van der Waals surface area (Å²) in [5.74, 6) is -1.44. The SMILES string of the molecule is Cc1ccc(-c2nc(CCNC(=O)[C@H]3C[C@H]3C(=O)O)co2)cc1. The number of amides is 1. The number of carboxylic acid groups (broad SMARTS) is 1. The first-order chi connectivity index (χ1) is 11.0. The van der Waals surface area contributed by atoms with Crippen LogP contribution in [0, 0.1) is 18.8 Å². The minimum Gasteiger partial charge on any atom is -0.481 e. The first kappa shape index (κ1) is 15.3. The molecule has 6 nitrogen and oxygen atoms in total. The maximum atomic E-state index is 11.8. The van der Waals surface area contributed by atoms with Crippen molar-refractivity contribution in [3.8, 4) is 11.5 Å². The number of carbonyl (C=O) groups is 2. The first-order valence-electron chi connectivity index (χ1n) is 7.56. The molecule has 3 rings (SSSR count). The quantitative estimate of drug-likeness (QED) is 0.851. The Morgan fingerprint density at radius 3 is 2.70 bits per heavy atom. The Morgan fingerprint density at radius 2 is 2.04 bits per heavy atom. The fourth-order valence-corrected chi connectivity index (χ4v) is 2.45. The summed E-state index contributed by atoms with van der Waals surface area (Å²) in [6, 6.07) is 7.89. The zero-order chi connectivity index (χ0) is 16.4. The Balaban J connectivity index is 1.49. The second kappa shape index (κ2) is 6.24. The smallest absolute Gasteiger partial charge is 0.307 e. The number of hydrogen-bond acceptors (Lipinski definition) is 4. The molecule has 0 saturated heterocycles. The average molecular weight is 314 g/mol. The van der Waals surface area contributed by atoms with Crippen LogP contribution >= 0.6 is 0 Å². The van der Waals surface area contributed by atoms with Crippen molar-refractivity contribution in [2.24, 2.45) is 11.8 Å².